The van der Waals surface area contributed by atoms with Gasteiger partial charge in [-0.2, -0.15) is 13.2 Å². The van der Waals surface area contributed by atoms with Crippen LogP contribution in [0.1, 0.15) is 25.5 Å². The molecule has 21 heavy (non-hydrogen) atoms. The monoisotopic (exact) mass is 327 g/mol. The highest BCUT2D eigenvalue weighted by Crippen LogP contribution is 2.22. The number of nitrogens with one attached hydrogen (secondary N) is 2. The molecule has 0 saturated heterocycles. The summed E-state index contributed by atoms with van der Waals surface area (Å²) >= 11 is 0. The molecule has 2 N–H and O–H groups in total. The Bertz CT molecular complexity index is 540. The normalized spacial score (nSPS) is 13.0. The molecule has 0 fully saturated rings. The third kappa shape index (κ3) is 5.68. The molecule has 0 spiro atoms. The van der Waals surface area contributed by atoms with Gasteiger partial charge in [0.2, 0.25) is 10.0 Å². The lowest BCUT2D eigenvalue weighted by molar-refractivity contribution is -0.135. The van der Waals surface area contributed by atoms with E-state index in [1.54, 1.807) is 0 Å². The lowest BCUT2D eigenvalue weighted by Crippen LogP contribution is -2.30. The molecule has 0 bridgehead atoms. The van der Waals surface area contributed by atoms with Gasteiger partial charge in [-0.3, -0.25) is 0 Å². The summed E-state index contributed by atoms with van der Waals surface area (Å²) in [5.74, 6) is 0. The molecule has 0 amide bonds. The van der Waals surface area contributed by atoms with Crippen molar-refractivity contribution in [2.24, 2.45) is 0 Å². The highest BCUT2D eigenvalue weighted by atomic mass is 32.2. The molecule has 0 aliphatic carbocycles. The molecule has 0 radical (unpaired) electrons. The highest BCUT2D eigenvalue weighted by molar-refractivity contribution is 7.89. The molecule has 1 aromatic heterocycles. The van der Waals surface area contributed by atoms with E-state index in [2.05, 4.69) is 10.3 Å². The third-order valence-electron chi connectivity index (χ3n) is 2.88. The lowest BCUT2D eigenvalue weighted by atomic mass is 10.4. The molecule has 1 rings (SSSR count). The van der Waals surface area contributed by atoms with Crippen LogP contribution >= 0.6 is 0 Å². The predicted molar refractivity (Wildman–Crippen MR) is 73.3 cm³/mol. The second-order valence-electron chi connectivity index (χ2n) is 4.73. The highest BCUT2D eigenvalue weighted by Gasteiger charge is 2.30. The van der Waals surface area contributed by atoms with Gasteiger partial charge in [-0.15, -0.1) is 0 Å². The van der Waals surface area contributed by atoms with Crippen molar-refractivity contribution in [1.29, 1.82) is 0 Å². The molecule has 1 heterocycles. The minimum atomic E-state index is -4.38. The van der Waals surface area contributed by atoms with E-state index >= 15 is 0 Å². The Morgan fingerprint density at radius 1 is 1.38 bits per heavy atom. The van der Waals surface area contributed by atoms with Crippen molar-refractivity contribution in [3.05, 3.63) is 18.0 Å². The molecule has 5 nitrogen and oxygen atoms in total. The molecular formula is C12H20F3N3O2S. The summed E-state index contributed by atoms with van der Waals surface area (Å²) in [7, 11) is -2.75. The molecule has 122 valence electrons. The summed E-state index contributed by atoms with van der Waals surface area (Å²) in [5, 5.41) is 3.10. The Morgan fingerprint density at radius 2 is 2.05 bits per heavy atom. The summed E-state index contributed by atoms with van der Waals surface area (Å²) in [5.41, 5.74) is 0.672. The van der Waals surface area contributed by atoms with Crippen LogP contribution in [0.5, 0.6) is 0 Å². The van der Waals surface area contributed by atoms with Crippen molar-refractivity contribution in [3.63, 3.8) is 0 Å². The van der Waals surface area contributed by atoms with Crippen molar-refractivity contribution < 1.29 is 21.6 Å². The SMILES string of the molecule is CCCNCc1cc(S(=O)(=O)N(C)CCC(F)(F)F)c[nH]1. The third-order valence-corrected chi connectivity index (χ3v) is 4.71. The Balaban J connectivity index is 2.69. The number of halogens is 3. The Kier molecular flexibility index (Phi) is 6.24. The number of rotatable bonds is 8. The van der Waals surface area contributed by atoms with Crippen LogP contribution in [0, 0.1) is 0 Å². The van der Waals surface area contributed by atoms with E-state index in [0.29, 0.717) is 16.5 Å². The number of alkyl halides is 3. The van der Waals surface area contributed by atoms with E-state index in [0.717, 1.165) is 20.0 Å². The van der Waals surface area contributed by atoms with E-state index in [1.165, 1.54) is 12.3 Å². The number of sulfonamides is 1. The fourth-order valence-electron chi connectivity index (χ4n) is 1.65. The number of H-pyrrole nitrogens is 1. The van der Waals surface area contributed by atoms with Crippen molar-refractivity contribution in [1.82, 2.24) is 14.6 Å². The fraction of sp³-hybridized carbons (Fsp3) is 0.667. The van der Waals surface area contributed by atoms with Crippen molar-refractivity contribution in [2.45, 2.75) is 37.4 Å². The van der Waals surface area contributed by atoms with Crippen molar-refractivity contribution in [3.8, 4) is 0 Å². The van der Waals surface area contributed by atoms with Gasteiger partial charge in [0.25, 0.3) is 0 Å². The van der Waals surface area contributed by atoms with Crippen LogP contribution < -0.4 is 5.32 Å². The largest absolute Gasteiger partial charge is 0.390 e. The second-order valence-corrected chi connectivity index (χ2v) is 6.77. The number of hydrogen-bond donors (Lipinski definition) is 2. The molecule has 0 aliphatic heterocycles. The maximum atomic E-state index is 12.1. The van der Waals surface area contributed by atoms with Gasteiger partial charge >= 0.3 is 6.18 Å². The maximum absolute atomic E-state index is 12.1. The first-order chi connectivity index (χ1) is 9.66. The van der Waals surface area contributed by atoms with Crippen LogP contribution in [0.25, 0.3) is 0 Å². The Labute approximate surface area is 122 Å². The lowest BCUT2D eigenvalue weighted by Gasteiger charge is -2.17. The molecule has 0 aromatic carbocycles. The Morgan fingerprint density at radius 3 is 2.62 bits per heavy atom. The minimum absolute atomic E-state index is 0.0273. The zero-order valence-corrected chi connectivity index (χ0v) is 12.8. The zero-order chi connectivity index (χ0) is 16.1. The minimum Gasteiger partial charge on any atom is -0.363 e. The number of aromatic amines is 1. The summed E-state index contributed by atoms with van der Waals surface area (Å²) in [4.78, 5) is 2.78. The zero-order valence-electron chi connectivity index (χ0n) is 12.0. The standard InChI is InChI=1S/C12H20F3N3O2S/c1-3-5-16-8-10-7-11(9-17-10)21(19,20)18(2)6-4-12(13,14)15/h7,9,16-17H,3-6,8H2,1-2H3. The average molecular weight is 327 g/mol. The van der Waals surface area contributed by atoms with E-state index in [4.69, 9.17) is 0 Å². The summed E-state index contributed by atoms with van der Waals surface area (Å²) in [6.07, 6.45) is -3.30. The summed E-state index contributed by atoms with van der Waals surface area (Å²) in [6.45, 7) is 2.69. The van der Waals surface area contributed by atoms with Gasteiger partial charge in [-0.05, 0) is 19.0 Å². The molecule has 0 atom stereocenters. The first kappa shape index (κ1) is 18.0. The van der Waals surface area contributed by atoms with Gasteiger partial charge in [0.05, 0.1) is 11.3 Å². The molecule has 0 aliphatic rings. The van der Waals surface area contributed by atoms with Crippen molar-refractivity contribution in [2.75, 3.05) is 20.1 Å². The van der Waals surface area contributed by atoms with Gasteiger partial charge in [-0.1, -0.05) is 6.92 Å². The van der Waals surface area contributed by atoms with Crippen molar-refractivity contribution >= 4 is 10.0 Å². The van der Waals surface area contributed by atoms with Crippen LogP contribution in [-0.4, -0.2) is 44.0 Å². The first-order valence-electron chi connectivity index (χ1n) is 6.58. The van der Waals surface area contributed by atoms with Gasteiger partial charge < -0.3 is 10.3 Å². The van der Waals surface area contributed by atoms with Gasteiger partial charge in [0.15, 0.2) is 0 Å². The number of aromatic nitrogens is 1. The van der Waals surface area contributed by atoms with Gasteiger partial charge in [-0.25, -0.2) is 12.7 Å². The second kappa shape index (κ2) is 7.28. The molecule has 1 aromatic rings. The van der Waals surface area contributed by atoms with E-state index in [9.17, 15) is 21.6 Å². The Hall–Kier alpha value is -1.06. The number of nitrogens with zero attached hydrogens (tertiary/aromatic N) is 1. The molecule has 9 heteroatoms. The van der Waals surface area contributed by atoms with Crippen LogP contribution in [0.2, 0.25) is 0 Å². The molecule has 0 saturated carbocycles. The summed E-state index contributed by atoms with van der Waals surface area (Å²) < 4.78 is 61.4. The van der Waals surface area contributed by atoms with Crippen LogP contribution in [0.4, 0.5) is 13.2 Å². The fourth-order valence-corrected chi connectivity index (χ4v) is 2.84. The summed E-state index contributed by atoms with van der Waals surface area (Å²) in [6, 6.07) is 1.43. The molecule has 0 unspecified atom stereocenters. The smallest absolute Gasteiger partial charge is 0.363 e. The van der Waals surface area contributed by atoms with Gasteiger partial charge in [0, 0.05) is 32.0 Å². The molecular weight excluding hydrogens is 307 g/mol. The van der Waals surface area contributed by atoms with E-state index in [1.807, 2.05) is 6.92 Å². The first-order valence-corrected chi connectivity index (χ1v) is 8.02. The maximum Gasteiger partial charge on any atom is 0.390 e. The average Bonchev–Trinajstić information content (AvgIpc) is 2.84. The van der Waals surface area contributed by atoms with Crippen LogP contribution in [0.15, 0.2) is 17.2 Å². The number of hydrogen-bond acceptors (Lipinski definition) is 3. The van der Waals surface area contributed by atoms with Crippen LogP contribution in [-0.2, 0) is 16.6 Å². The van der Waals surface area contributed by atoms with Crippen LogP contribution in [0.3, 0.4) is 0 Å². The van der Waals surface area contributed by atoms with Gasteiger partial charge in [0.1, 0.15) is 0 Å². The van der Waals surface area contributed by atoms with E-state index in [-0.39, 0.29) is 4.90 Å². The van der Waals surface area contributed by atoms with E-state index < -0.39 is 29.2 Å². The topological polar surface area (TPSA) is 65.2 Å². The predicted octanol–water partition coefficient (Wildman–Crippen LogP) is 2.09. The quantitative estimate of drug-likeness (QED) is 0.719.